The van der Waals surface area contributed by atoms with E-state index in [1.807, 2.05) is 6.92 Å². The van der Waals surface area contributed by atoms with Gasteiger partial charge in [-0.3, -0.25) is 4.79 Å². The minimum Gasteiger partial charge on any atom is -0.480 e. The van der Waals surface area contributed by atoms with Gasteiger partial charge in [-0.1, -0.05) is 0 Å². The van der Waals surface area contributed by atoms with E-state index in [9.17, 15) is 14.7 Å². The number of rotatable bonds is 5. The van der Waals surface area contributed by atoms with Crippen LogP contribution in [-0.2, 0) is 14.3 Å². The molecule has 1 aliphatic rings. The Bertz CT molecular complexity index is 294. The third kappa shape index (κ3) is 3.67. The second kappa shape index (κ2) is 5.97. The standard InChI is InChI=1S/C11H19NO5/c1-7(17-2)3-4-10(14)12-6-8(13)5-9(12)11(15)16/h7-9,13H,3-6H2,1-2H3,(H,15,16). The number of hydrogen-bond acceptors (Lipinski definition) is 4. The predicted octanol–water partition coefficient (Wildman–Crippen LogP) is -0.152. The fourth-order valence-corrected chi connectivity index (χ4v) is 1.91. The van der Waals surface area contributed by atoms with Crippen molar-refractivity contribution < 1.29 is 24.5 Å². The summed E-state index contributed by atoms with van der Waals surface area (Å²) in [5, 5.41) is 18.4. The molecule has 0 aromatic heterocycles. The highest BCUT2D eigenvalue weighted by atomic mass is 16.5. The number of carbonyl (C=O) groups is 2. The van der Waals surface area contributed by atoms with Crippen molar-refractivity contribution >= 4 is 11.9 Å². The number of ether oxygens (including phenoxy) is 1. The number of hydrogen-bond donors (Lipinski definition) is 2. The van der Waals surface area contributed by atoms with Crippen molar-refractivity contribution in [2.24, 2.45) is 0 Å². The number of aliphatic hydroxyl groups is 1. The zero-order valence-corrected chi connectivity index (χ0v) is 10.1. The topological polar surface area (TPSA) is 87.1 Å². The quantitative estimate of drug-likeness (QED) is 0.703. The average molecular weight is 245 g/mol. The normalized spacial score (nSPS) is 25.9. The van der Waals surface area contributed by atoms with Crippen LogP contribution >= 0.6 is 0 Å². The molecule has 2 N–H and O–H groups in total. The van der Waals surface area contributed by atoms with E-state index in [1.54, 1.807) is 7.11 Å². The lowest BCUT2D eigenvalue weighted by Crippen LogP contribution is -2.40. The molecule has 0 aliphatic carbocycles. The van der Waals surface area contributed by atoms with E-state index in [4.69, 9.17) is 9.84 Å². The van der Waals surface area contributed by atoms with Gasteiger partial charge in [-0.15, -0.1) is 0 Å². The number of aliphatic carboxylic acids is 1. The average Bonchev–Trinajstić information content (AvgIpc) is 2.67. The van der Waals surface area contributed by atoms with Crippen LogP contribution in [-0.4, -0.2) is 58.9 Å². The summed E-state index contributed by atoms with van der Waals surface area (Å²) >= 11 is 0. The van der Waals surface area contributed by atoms with Gasteiger partial charge in [0.05, 0.1) is 12.2 Å². The summed E-state index contributed by atoms with van der Waals surface area (Å²) in [6.07, 6.45) is 0.135. The maximum Gasteiger partial charge on any atom is 0.326 e. The van der Waals surface area contributed by atoms with Gasteiger partial charge in [0.2, 0.25) is 5.91 Å². The van der Waals surface area contributed by atoms with Crippen LogP contribution in [0.1, 0.15) is 26.2 Å². The molecular formula is C11H19NO5. The van der Waals surface area contributed by atoms with E-state index < -0.39 is 18.1 Å². The minimum atomic E-state index is -1.06. The van der Waals surface area contributed by atoms with Gasteiger partial charge in [0.1, 0.15) is 6.04 Å². The lowest BCUT2D eigenvalue weighted by atomic mass is 10.1. The van der Waals surface area contributed by atoms with Gasteiger partial charge in [-0.05, 0) is 13.3 Å². The Morgan fingerprint density at radius 1 is 1.53 bits per heavy atom. The van der Waals surface area contributed by atoms with E-state index in [0.29, 0.717) is 6.42 Å². The minimum absolute atomic E-state index is 0.0326. The van der Waals surface area contributed by atoms with Crippen LogP contribution in [0.15, 0.2) is 0 Å². The predicted molar refractivity (Wildman–Crippen MR) is 59.5 cm³/mol. The lowest BCUT2D eigenvalue weighted by Gasteiger charge is -2.21. The van der Waals surface area contributed by atoms with E-state index >= 15 is 0 Å². The molecule has 1 amide bonds. The maximum absolute atomic E-state index is 11.8. The summed E-state index contributed by atoms with van der Waals surface area (Å²) < 4.78 is 5.02. The molecule has 1 rings (SSSR count). The number of β-amino-alcohol motifs (C(OH)–C–C–N with tert-alkyl or cyclic N) is 1. The Labute approximate surface area is 100 Å². The van der Waals surface area contributed by atoms with E-state index in [0.717, 1.165) is 0 Å². The first-order valence-electron chi connectivity index (χ1n) is 5.68. The third-order valence-corrected chi connectivity index (χ3v) is 3.05. The van der Waals surface area contributed by atoms with Gasteiger partial charge in [0, 0.05) is 26.5 Å². The fourth-order valence-electron chi connectivity index (χ4n) is 1.91. The molecule has 6 nitrogen and oxygen atoms in total. The monoisotopic (exact) mass is 245 g/mol. The molecule has 1 fully saturated rings. The molecule has 0 aromatic carbocycles. The highest BCUT2D eigenvalue weighted by molar-refractivity contribution is 5.84. The van der Waals surface area contributed by atoms with Gasteiger partial charge >= 0.3 is 5.97 Å². The van der Waals surface area contributed by atoms with Crippen LogP contribution < -0.4 is 0 Å². The Morgan fingerprint density at radius 2 is 2.18 bits per heavy atom. The number of carboxylic acids is 1. The van der Waals surface area contributed by atoms with Crippen molar-refractivity contribution in [2.75, 3.05) is 13.7 Å². The number of aliphatic hydroxyl groups excluding tert-OH is 1. The Hall–Kier alpha value is -1.14. The molecule has 1 heterocycles. The molecule has 0 bridgehead atoms. The first-order valence-corrected chi connectivity index (χ1v) is 5.68. The van der Waals surface area contributed by atoms with Crippen molar-refractivity contribution in [3.63, 3.8) is 0 Å². The molecule has 3 unspecified atom stereocenters. The van der Waals surface area contributed by atoms with E-state index in [2.05, 4.69) is 0 Å². The SMILES string of the molecule is COC(C)CCC(=O)N1CC(O)CC1C(=O)O. The highest BCUT2D eigenvalue weighted by Crippen LogP contribution is 2.20. The molecule has 3 atom stereocenters. The van der Waals surface area contributed by atoms with E-state index in [1.165, 1.54) is 4.90 Å². The summed E-state index contributed by atoms with van der Waals surface area (Å²) in [6.45, 7) is 1.96. The van der Waals surface area contributed by atoms with Gasteiger partial charge < -0.3 is 19.8 Å². The van der Waals surface area contributed by atoms with Crippen LogP contribution in [0.3, 0.4) is 0 Å². The Kier molecular flexibility index (Phi) is 4.89. The van der Waals surface area contributed by atoms with Gasteiger partial charge in [-0.25, -0.2) is 4.79 Å². The number of likely N-dealkylation sites (tertiary alicyclic amines) is 1. The first kappa shape index (κ1) is 13.9. The molecule has 0 spiro atoms. The van der Waals surface area contributed by atoms with Crippen molar-refractivity contribution in [1.82, 2.24) is 4.90 Å². The summed E-state index contributed by atoms with van der Waals surface area (Å²) in [5.41, 5.74) is 0. The zero-order valence-electron chi connectivity index (χ0n) is 10.1. The highest BCUT2D eigenvalue weighted by Gasteiger charge is 2.38. The van der Waals surface area contributed by atoms with Gasteiger partial charge in [-0.2, -0.15) is 0 Å². The summed E-state index contributed by atoms with van der Waals surface area (Å²) in [5.74, 6) is -1.30. The molecule has 1 aliphatic heterocycles. The Balaban J connectivity index is 2.52. The van der Waals surface area contributed by atoms with Gasteiger partial charge in [0.15, 0.2) is 0 Å². The van der Waals surface area contributed by atoms with Crippen molar-refractivity contribution in [1.29, 1.82) is 0 Å². The number of carbonyl (C=O) groups excluding carboxylic acids is 1. The molecule has 6 heteroatoms. The lowest BCUT2D eigenvalue weighted by molar-refractivity contribution is -0.148. The second-order valence-electron chi connectivity index (χ2n) is 4.37. The smallest absolute Gasteiger partial charge is 0.326 e. The Morgan fingerprint density at radius 3 is 2.71 bits per heavy atom. The number of methoxy groups -OCH3 is 1. The summed E-state index contributed by atoms with van der Waals surface area (Å²) in [4.78, 5) is 24.0. The number of amides is 1. The number of carboxylic acid groups (broad SMARTS) is 1. The first-order chi connectivity index (χ1) is 7.95. The molecular weight excluding hydrogens is 226 g/mol. The molecule has 0 radical (unpaired) electrons. The largest absolute Gasteiger partial charge is 0.480 e. The van der Waals surface area contributed by atoms with E-state index in [-0.39, 0.29) is 31.4 Å². The molecule has 98 valence electrons. The second-order valence-corrected chi connectivity index (χ2v) is 4.37. The van der Waals surface area contributed by atoms with Crippen molar-refractivity contribution in [3.05, 3.63) is 0 Å². The van der Waals surface area contributed by atoms with Crippen LogP contribution in [0.25, 0.3) is 0 Å². The summed E-state index contributed by atoms with van der Waals surface area (Å²) in [6, 6.07) is -0.893. The molecule has 0 saturated carbocycles. The molecule has 0 aromatic rings. The number of nitrogens with zero attached hydrogens (tertiary/aromatic N) is 1. The van der Waals surface area contributed by atoms with Crippen LogP contribution in [0.2, 0.25) is 0 Å². The molecule has 1 saturated heterocycles. The summed E-state index contributed by atoms with van der Waals surface area (Å²) in [7, 11) is 1.56. The van der Waals surface area contributed by atoms with Crippen LogP contribution in [0, 0.1) is 0 Å². The third-order valence-electron chi connectivity index (χ3n) is 3.05. The van der Waals surface area contributed by atoms with Crippen LogP contribution in [0.5, 0.6) is 0 Å². The fraction of sp³-hybridized carbons (Fsp3) is 0.818. The zero-order chi connectivity index (χ0) is 13.0. The maximum atomic E-state index is 11.8. The van der Waals surface area contributed by atoms with Gasteiger partial charge in [0.25, 0.3) is 0 Å². The van der Waals surface area contributed by atoms with Crippen molar-refractivity contribution in [3.8, 4) is 0 Å². The molecule has 17 heavy (non-hydrogen) atoms. The van der Waals surface area contributed by atoms with Crippen LogP contribution in [0.4, 0.5) is 0 Å². The van der Waals surface area contributed by atoms with Crippen molar-refractivity contribution in [2.45, 2.75) is 44.4 Å².